The van der Waals surface area contributed by atoms with Crippen molar-refractivity contribution in [2.75, 3.05) is 57.4 Å². The van der Waals surface area contributed by atoms with Crippen molar-refractivity contribution in [2.45, 2.75) is 19.8 Å². The molecule has 2 aromatic rings. The molecule has 0 radical (unpaired) electrons. The van der Waals surface area contributed by atoms with E-state index in [0.717, 1.165) is 69.5 Å². The van der Waals surface area contributed by atoms with E-state index in [4.69, 9.17) is 4.74 Å². The first-order valence-corrected chi connectivity index (χ1v) is 9.72. The van der Waals surface area contributed by atoms with Crippen LogP contribution in [0, 0.1) is 12.8 Å². The highest BCUT2D eigenvalue weighted by atomic mass is 16.5. The van der Waals surface area contributed by atoms with E-state index in [9.17, 15) is 4.79 Å². The molecule has 2 aromatic heterocycles. The number of carbonyl (C=O) groups is 1. The maximum atomic E-state index is 12.6. The van der Waals surface area contributed by atoms with Gasteiger partial charge >= 0.3 is 0 Å². The second kappa shape index (κ2) is 8.18. The van der Waals surface area contributed by atoms with E-state index >= 15 is 0 Å². The van der Waals surface area contributed by atoms with E-state index in [0.29, 0.717) is 13.1 Å². The van der Waals surface area contributed by atoms with E-state index in [1.165, 1.54) is 0 Å². The van der Waals surface area contributed by atoms with Crippen molar-refractivity contribution in [3.8, 4) is 0 Å². The molecular formula is C18H27N7O2. The summed E-state index contributed by atoms with van der Waals surface area (Å²) in [5, 5.41) is 15.9. The van der Waals surface area contributed by atoms with E-state index in [-0.39, 0.29) is 11.8 Å². The summed E-state index contributed by atoms with van der Waals surface area (Å²) in [5.74, 6) is 1.79. The van der Waals surface area contributed by atoms with Gasteiger partial charge < -0.3 is 15.0 Å². The molecule has 1 N–H and O–H groups in total. The number of carbonyl (C=O) groups excluding carboxylic acids is 1. The molecule has 9 heteroatoms. The first kappa shape index (κ1) is 18.1. The molecule has 27 heavy (non-hydrogen) atoms. The van der Waals surface area contributed by atoms with Crippen LogP contribution in [-0.4, -0.2) is 83.1 Å². The Labute approximate surface area is 158 Å². The molecule has 2 saturated heterocycles. The quantitative estimate of drug-likeness (QED) is 0.795. The maximum absolute atomic E-state index is 12.6. The number of anilines is 1. The van der Waals surface area contributed by atoms with E-state index in [2.05, 4.69) is 30.4 Å². The number of ether oxygens (including phenoxy) is 1. The monoisotopic (exact) mass is 373 g/mol. The lowest BCUT2D eigenvalue weighted by atomic mass is 9.97. The standard InChI is InChI=1S/C18H27N7O2/c1-14-20-21-16-4-5-17(22-25(14)16)24-7-2-3-15(13-24)18(26)19-6-8-23-9-11-27-12-10-23/h4-5,15H,2-3,6-13H2,1H3,(H,19,26)/t15-/m1/s1. The number of nitrogens with one attached hydrogen (secondary N) is 1. The number of hydrogen-bond donors (Lipinski definition) is 1. The van der Waals surface area contributed by atoms with Crippen LogP contribution in [0.2, 0.25) is 0 Å². The average molecular weight is 373 g/mol. The fraction of sp³-hybridized carbons (Fsp3) is 0.667. The molecule has 2 fully saturated rings. The molecule has 0 bridgehead atoms. The number of aryl methyl sites for hydroxylation is 1. The topological polar surface area (TPSA) is 87.9 Å². The Balaban J connectivity index is 1.32. The number of amides is 1. The molecule has 9 nitrogen and oxygen atoms in total. The molecule has 0 aromatic carbocycles. The number of fused-ring (bicyclic) bond motifs is 1. The minimum atomic E-state index is 0.00273. The van der Waals surface area contributed by atoms with Crippen molar-refractivity contribution in [1.29, 1.82) is 0 Å². The fourth-order valence-corrected chi connectivity index (χ4v) is 3.76. The van der Waals surface area contributed by atoms with Crippen molar-refractivity contribution in [2.24, 2.45) is 5.92 Å². The molecule has 4 heterocycles. The highest BCUT2D eigenvalue weighted by Crippen LogP contribution is 2.22. The minimum Gasteiger partial charge on any atom is -0.379 e. The largest absolute Gasteiger partial charge is 0.379 e. The van der Waals surface area contributed by atoms with E-state index < -0.39 is 0 Å². The Morgan fingerprint density at radius 2 is 2.11 bits per heavy atom. The molecule has 0 saturated carbocycles. The zero-order valence-electron chi connectivity index (χ0n) is 15.8. The Morgan fingerprint density at radius 3 is 2.96 bits per heavy atom. The van der Waals surface area contributed by atoms with Gasteiger partial charge in [-0.3, -0.25) is 9.69 Å². The van der Waals surface area contributed by atoms with E-state index in [1.54, 1.807) is 4.52 Å². The summed E-state index contributed by atoms with van der Waals surface area (Å²) in [4.78, 5) is 17.1. The van der Waals surface area contributed by atoms with Gasteiger partial charge in [0.05, 0.1) is 19.1 Å². The van der Waals surface area contributed by atoms with Gasteiger partial charge in [-0.25, -0.2) is 0 Å². The second-order valence-electron chi connectivity index (χ2n) is 7.24. The summed E-state index contributed by atoms with van der Waals surface area (Å²) in [6, 6.07) is 3.89. The van der Waals surface area contributed by atoms with Crippen LogP contribution in [0.3, 0.4) is 0 Å². The van der Waals surface area contributed by atoms with Gasteiger partial charge in [0.25, 0.3) is 0 Å². The molecule has 0 aliphatic carbocycles. The lowest BCUT2D eigenvalue weighted by molar-refractivity contribution is -0.125. The number of aromatic nitrogens is 4. The SMILES string of the molecule is Cc1nnc2ccc(N3CCC[C@@H](C(=O)NCCN4CCOCC4)C3)nn12. The van der Waals surface area contributed by atoms with Gasteiger partial charge in [0, 0.05) is 39.3 Å². The second-order valence-corrected chi connectivity index (χ2v) is 7.24. The molecule has 1 amide bonds. The van der Waals surface area contributed by atoms with Crippen LogP contribution in [0.1, 0.15) is 18.7 Å². The Bertz CT molecular complexity index is 787. The van der Waals surface area contributed by atoms with Crippen molar-refractivity contribution < 1.29 is 9.53 Å². The third-order valence-electron chi connectivity index (χ3n) is 5.35. The average Bonchev–Trinajstić information content (AvgIpc) is 3.09. The van der Waals surface area contributed by atoms with Crippen LogP contribution in [0.15, 0.2) is 12.1 Å². The molecule has 146 valence electrons. The molecular weight excluding hydrogens is 346 g/mol. The first-order chi connectivity index (χ1) is 13.2. The van der Waals surface area contributed by atoms with Crippen LogP contribution in [0.4, 0.5) is 5.82 Å². The van der Waals surface area contributed by atoms with Crippen LogP contribution in [-0.2, 0) is 9.53 Å². The van der Waals surface area contributed by atoms with Crippen molar-refractivity contribution in [1.82, 2.24) is 30.0 Å². The highest BCUT2D eigenvalue weighted by molar-refractivity contribution is 5.79. The lowest BCUT2D eigenvalue weighted by Gasteiger charge is -2.33. The highest BCUT2D eigenvalue weighted by Gasteiger charge is 2.27. The zero-order valence-corrected chi connectivity index (χ0v) is 15.8. The molecule has 2 aliphatic rings. The summed E-state index contributed by atoms with van der Waals surface area (Å²) in [6.07, 6.45) is 1.91. The third-order valence-corrected chi connectivity index (χ3v) is 5.35. The summed E-state index contributed by atoms with van der Waals surface area (Å²) in [5.41, 5.74) is 0.741. The number of morpholine rings is 1. The number of hydrogen-bond acceptors (Lipinski definition) is 7. The minimum absolute atomic E-state index is 0.00273. The van der Waals surface area contributed by atoms with Crippen LogP contribution in [0.25, 0.3) is 5.65 Å². The summed E-state index contributed by atoms with van der Waals surface area (Å²) >= 11 is 0. The molecule has 1 atom stereocenters. The maximum Gasteiger partial charge on any atom is 0.224 e. The number of piperidine rings is 1. The normalized spacial score (nSPS) is 21.5. The summed E-state index contributed by atoms with van der Waals surface area (Å²) in [7, 11) is 0. The van der Waals surface area contributed by atoms with Crippen LogP contribution < -0.4 is 10.2 Å². The predicted molar refractivity (Wildman–Crippen MR) is 101 cm³/mol. The van der Waals surface area contributed by atoms with Gasteiger partial charge in [-0.1, -0.05) is 0 Å². The number of rotatable bonds is 5. The van der Waals surface area contributed by atoms with Gasteiger partial charge in [0.1, 0.15) is 5.82 Å². The molecule has 4 rings (SSSR count). The Hall–Kier alpha value is -2.26. The summed E-state index contributed by atoms with van der Waals surface area (Å²) in [6.45, 7) is 8.55. The van der Waals surface area contributed by atoms with Crippen molar-refractivity contribution in [3.63, 3.8) is 0 Å². The predicted octanol–water partition coefficient (Wildman–Crippen LogP) is 0.0975. The van der Waals surface area contributed by atoms with Gasteiger partial charge in [0.2, 0.25) is 5.91 Å². The molecule has 0 spiro atoms. The first-order valence-electron chi connectivity index (χ1n) is 9.72. The van der Waals surface area contributed by atoms with Crippen molar-refractivity contribution in [3.05, 3.63) is 18.0 Å². The Kier molecular flexibility index (Phi) is 5.49. The fourth-order valence-electron chi connectivity index (χ4n) is 3.76. The Morgan fingerprint density at radius 1 is 1.26 bits per heavy atom. The van der Waals surface area contributed by atoms with Crippen LogP contribution >= 0.6 is 0 Å². The summed E-state index contributed by atoms with van der Waals surface area (Å²) < 4.78 is 7.11. The smallest absolute Gasteiger partial charge is 0.224 e. The van der Waals surface area contributed by atoms with E-state index in [1.807, 2.05) is 19.1 Å². The van der Waals surface area contributed by atoms with Gasteiger partial charge in [-0.2, -0.15) is 4.52 Å². The number of nitrogens with zero attached hydrogens (tertiary/aromatic N) is 6. The third kappa shape index (κ3) is 4.19. The zero-order chi connectivity index (χ0) is 18.6. The lowest BCUT2D eigenvalue weighted by Crippen LogP contribution is -2.46. The van der Waals surface area contributed by atoms with Gasteiger partial charge in [-0.15, -0.1) is 15.3 Å². The van der Waals surface area contributed by atoms with Crippen LogP contribution in [0.5, 0.6) is 0 Å². The van der Waals surface area contributed by atoms with Gasteiger partial charge in [-0.05, 0) is 31.9 Å². The molecule has 0 unspecified atom stereocenters. The van der Waals surface area contributed by atoms with Crippen molar-refractivity contribution >= 4 is 17.4 Å². The van der Waals surface area contributed by atoms with Gasteiger partial charge in [0.15, 0.2) is 11.5 Å². The molecule has 2 aliphatic heterocycles.